The molecule has 2 aromatic carbocycles. The van der Waals surface area contributed by atoms with Gasteiger partial charge in [-0.05, 0) is 61.6 Å². The van der Waals surface area contributed by atoms with Gasteiger partial charge in [0.2, 0.25) is 0 Å². The molecular weight excluding hydrogens is 378 g/mol. The standard InChI is InChI=1S/C21H25NO3S2/c1-3-24-18-11-10-17(14-19(18)25-4-2)22-20(23)15-6-8-16(9-7-15)21-26-12-5-13-27-21/h6-11,14,21H,3-5,12-13H2,1-2H3,(H,22,23). The number of benzene rings is 2. The second-order valence-corrected chi connectivity index (χ2v) is 8.76. The van der Waals surface area contributed by atoms with Crippen LogP contribution in [0.4, 0.5) is 5.69 Å². The molecule has 0 saturated carbocycles. The second kappa shape index (κ2) is 9.95. The van der Waals surface area contributed by atoms with Crippen LogP contribution in [0.15, 0.2) is 42.5 Å². The minimum Gasteiger partial charge on any atom is -0.490 e. The highest BCUT2D eigenvalue weighted by atomic mass is 32.2. The molecule has 1 saturated heterocycles. The number of carbonyl (C=O) groups excluding carboxylic acids is 1. The van der Waals surface area contributed by atoms with Gasteiger partial charge < -0.3 is 14.8 Å². The number of thioether (sulfide) groups is 2. The molecule has 1 fully saturated rings. The van der Waals surface area contributed by atoms with Crippen LogP contribution in [-0.4, -0.2) is 30.6 Å². The lowest BCUT2D eigenvalue weighted by Crippen LogP contribution is -2.12. The van der Waals surface area contributed by atoms with Crippen LogP contribution in [0.1, 0.15) is 40.8 Å². The number of rotatable bonds is 7. The van der Waals surface area contributed by atoms with Crippen molar-refractivity contribution in [1.29, 1.82) is 0 Å². The predicted molar refractivity (Wildman–Crippen MR) is 115 cm³/mol. The van der Waals surface area contributed by atoms with Crippen molar-refractivity contribution < 1.29 is 14.3 Å². The van der Waals surface area contributed by atoms with E-state index in [2.05, 4.69) is 17.4 Å². The maximum Gasteiger partial charge on any atom is 0.255 e. The van der Waals surface area contributed by atoms with E-state index in [0.29, 0.717) is 40.5 Å². The molecule has 1 heterocycles. The molecule has 0 atom stereocenters. The molecule has 0 spiro atoms. The molecule has 0 aromatic heterocycles. The zero-order valence-corrected chi connectivity index (χ0v) is 17.3. The van der Waals surface area contributed by atoms with Crippen molar-refractivity contribution in [3.63, 3.8) is 0 Å². The maximum absolute atomic E-state index is 12.6. The van der Waals surface area contributed by atoms with Crippen molar-refractivity contribution in [3.8, 4) is 11.5 Å². The molecule has 1 N–H and O–H groups in total. The Morgan fingerprint density at radius 1 is 1.00 bits per heavy atom. The van der Waals surface area contributed by atoms with Crippen molar-refractivity contribution in [3.05, 3.63) is 53.6 Å². The van der Waals surface area contributed by atoms with Gasteiger partial charge in [0, 0.05) is 17.3 Å². The van der Waals surface area contributed by atoms with Crippen LogP contribution in [0.5, 0.6) is 11.5 Å². The van der Waals surface area contributed by atoms with Crippen molar-refractivity contribution >= 4 is 35.1 Å². The highest BCUT2D eigenvalue weighted by Crippen LogP contribution is 2.43. The SMILES string of the molecule is CCOc1ccc(NC(=O)c2ccc(C3SCCCS3)cc2)cc1OCC. The maximum atomic E-state index is 12.6. The third kappa shape index (κ3) is 5.36. The van der Waals surface area contributed by atoms with E-state index in [1.54, 1.807) is 6.07 Å². The fourth-order valence-corrected chi connectivity index (χ4v) is 5.70. The molecule has 0 unspecified atom stereocenters. The summed E-state index contributed by atoms with van der Waals surface area (Å²) in [5, 5.41) is 2.94. The van der Waals surface area contributed by atoms with E-state index in [-0.39, 0.29) is 5.91 Å². The summed E-state index contributed by atoms with van der Waals surface area (Å²) in [6, 6.07) is 13.4. The van der Waals surface area contributed by atoms with Gasteiger partial charge in [0.1, 0.15) is 0 Å². The van der Waals surface area contributed by atoms with Gasteiger partial charge in [0.25, 0.3) is 5.91 Å². The minimum absolute atomic E-state index is 0.128. The van der Waals surface area contributed by atoms with Gasteiger partial charge >= 0.3 is 0 Å². The Balaban J connectivity index is 1.68. The Kier molecular flexibility index (Phi) is 7.35. The number of amides is 1. The molecule has 1 aliphatic heterocycles. The van der Waals surface area contributed by atoms with Gasteiger partial charge in [0.05, 0.1) is 17.8 Å². The normalized spacial score (nSPS) is 14.6. The summed E-state index contributed by atoms with van der Waals surface area (Å²) in [7, 11) is 0. The highest BCUT2D eigenvalue weighted by Gasteiger charge is 2.17. The van der Waals surface area contributed by atoms with E-state index in [0.717, 1.165) is 0 Å². The fraction of sp³-hybridized carbons (Fsp3) is 0.381. The number of carbonyl (C=O) groups is 1. The van der Waals surface area contributed by atoms with Crippen LogP contribution in [-0.2, 0) is 0 Å². The zero-order chi connectivity index (χ0) is 19.1. The van der Waals surface area contributed by atoms with Gasteiger partial charge in [-0.3, -0.25) is 4.79 Å². The Labute approximate surface area is 169 Å². The average Bonchev–Trinajstić information content (AvgIpc) is 2.71. The molecule has 2 aromatic rings. The Morgan fingerprint density at radius 2 is 1.67 bits per heavy atom. The molecule has 27 heavy (non-hydrogen) atoms. The van der Waals surface area contributed by atoms with Gasteiger partial charge in [-0.1, -0.05) is 12.1 Å². The van der Waals surface area contributed by atoms with Crippen molar-refractivity contribution in [2.24, 2.45) is 0 Å². The smallest absolute Gasteiger partial charge is 0.255 e. The summed E-state index contributed by atoms with van der Waals surface area (Å²) < 4.78 is 11.7. The summed E-state index contributed by atoms with van der Waals surface area (Å²) in [6.45, 7) is 4.96. The molecule has 1 aliphatic rings. The molecule has 4 nitrogen and oxygen atoms in total. The van der Waals surface area contributed by atoms with Gasteiger partial charge in [-0.25, -0.2) is 0 Å². The quantitative estimate of drug-likeness (QED) is 0.651. The van der Waals surface area contributed by atoms with E-state index >= 15 is 0 Å². The number of ether oxygens (including phenoxy) is 2. The van der Waals surface area contributed by atoms with Crippen molar-refractivity contribution in [2.45, 2.75) is 24.9 Å². The van der Waals surface area contributed by atoms with Crippen LogP contribution < -0.4 is 14.8 Å². The summed E-state index contributed by atoms with van der Waals surface area (Å²) in [5.41, 5.74) is 2.62. The third-order valence-corrected chi connectivity index (χ3v) is 7.09. The second-order valence-electron chi connectivity index (χ2n) is 6.03. The van der Waals surface area contributed by atoms with E-state index in [4.69, 9.17) is 9.47 Å². The van der Waals surface area contributed by atoms with Gasteiger partial charge in [-0.2, -0.15) is 0 Å². The molecule has 0 aliphatic carbocycles. The van der Waals surface area contributed by atoms with Crippen LogP contribution in [0.25, 0.3) is 0 Å². The topological polar surface area (TPSA) is 47.6 Å². The average molecular weight is 404 g/mol. The third-order valence-electron chi connectivity index (χ3n) is 4.07. The summed E-state index contributed by atoms with van der Waals surface area (Å²) in [5.74, 6) is 3.61. The van der Waals surface area contributed by atoms with E-state index in [1.165, 1.54) is 23.5 Å². The highest BCUT2D eigenvalue weighted by molar-refractivity contribution is 8.16. The number of hydrogen-bond donors (Lipinski definition) is 1. The van der Waals surface area contributed by atoms with Crippen molar-refractivity contribution in [2.75, 3.05) is 30.0 Å². The predicted octanol–water partition coefficient (Wildman–Crippen LogP) is 5.61. The van der Waals surface area contributed by atoms with E-state index in [9.17, 15) is 4.79 Å². The largest absolute Gasteiger partial charge is 0.490 e. The molecule has 1 amide bonds. The van der Waals surface area contributed by atoms with Crippen LogP contribution in [0.3, 0.4) is 0 Å². The monoisotopic (exact) mass is 403 g/mol. The summed E-state index contributed by atoms with van der Waals surface area (Å²) in [4.78, 5) is 12.6. The molecule has 3 rings (SSSR count). The van der Waals surface area contributed by atoms with Crippen molar-refractivity contribution in [1.82, 2.24) is 0 Å². The van der Waals surface area contributed by atoms with E-state index in [1.807, 2.05) is 61.6 Å². The van der Waals surface area contributed by atoms with Crippen LogP contribution >= 0.6 is 23.5 Å². The summed E-state index contributed by atoms with van der Waals surface area (Å²) >= 11 is 3.96. The lowest BCUT2D eigenvalue weighted by Gasteiger charge is -2.21. The lowest BCUT2D eigenvalue weighted by atomic mass is 10.1. The first-order valence-electron chi connectivity index (χ1n) is 9.25. The van der Waals surface area contributed by atoms with E-state index < -0.39 is 0 Å². The van der Waals surface area contributed by atoms with Crippen LogP contribution in [0.2, 0.25) is 0 Å². The molecular formula is C21H25NO3S2. The Bertz CT molecular complexity index is 759. The molecule has 144 valence electrons. The van der Waals surface area contributed by atoms with Gasteiger partial charge in [-0.15, -0.1) is 23.5 Å². The molecule has 6 heteroatoms. The first-order chi connectivity index (χ1) is 13.2. The molecule has 0 bridgehead atoms. The Hall–Kier alpha value is -1.79. The molecule has 0 radical (unpaired) electrons. The number of anilines is 1. The van der Waals surface area contributed by atoms with Crippen LogP contribution in [0, 0.1) is 0 Å². The first-order valence-corrected chi connectivity index (χ1v) is 11.3. The lowest BCUT2D eigenvalue weighted by molar-refractivity contribution is 0.102. The van der Waals surface area contributed by atoms with Gasteiger partial charge in [0.15, 0.2) is 11.5 Å². The number of hydrogen-bond acceptors (Lipinski definition) is 5. The summed E-state index contributed by atoms with van der Waals surface area (Å²) in [6.07, 6.45) is 1.28. The minimum atomic E-state index is -0.128. The first kappa shape index (κ1) is 20.0. The Morgan fingerprint density at radius 3 is 2.33 bits per heavy atom. The fourth-order valence-electron chi connectivity index (χ4n) is 2.80. The number of nitrogens with one attached hydrogen (secondary N) is 1. The zero-order valence-electron chi connectivity index (χ0n) is 15.7.